The first-order valence-electron chi connectivity index (χ1n) is 7.89. The van der Waals surface area contributed by atoms with Crippen molar-refractivity contribution in [2.24, 2.45) is 0 Å². The van der Waals surface area contributed by atoms with E-state index in [1.165, 1.54) is 31.9 Å². The second kappa shape index (κ2) is 7.92. The maximum absolute atomic E-state index is 13.6. The monoisotopic (exact) mass is 306 g/mol. The molecule has 4 nitrogen and oxygen atoms in total. The van der Waals surface area contributed by atoms with Gasteiger partial charge in [-0.1, -0.05) is 37.8 Å². The van der Waals surface area contributed by atoms with E-state index < -0.39 is 5.82 Å². The minimum atomic E-state index is -0.473. The van der Waals surface area contributed by atoms with Gasteiger partial charge in [0.25, 0.3) is 0 Å². The number of hydrogen-bond donors (Lipinski definition) is 1. The Balaban J connectivity index is 1.99. The van der Waals surface area contributed by atoms with Crippen molar-refractivity contribution in [2.45, 2.75) is 51.5 Å². The normalized spacial score (nSPS) is 15.9. The number of rotatable bonds is 4. The number of benzene rings is 1. The number of para-hydroxylation sites is 1. The van der Waals surface area contributed by atoms with E-state index in [-0.39, 0.29) is 30.1 Å². The molecule has 1 fully saturated rings. The molecular formula is C17H23FN2O2. The standard InChI is InChI=1S/C17H23FN2O2/c1-13(21)20(14-8-4-2-3-5-9-14)12-17(22)19-16-11-7-6-10-15(16)18/h6-7,10-11,14H,2-5,8-9,12H2,1H3,(H,19,22). The Morgan fingerprint density at radius 3 is 2.41 bits per heavy atom. The number of carbonyl (C=O) groups excluding carboxylic acids is 2. The molecule has 1 N–H and O–H groups in total. The van der Waals surface area contributed by atoms with Crippen LogP contribution in [0.2, 0.25) is 0 Å². The second-order valence-electron chi connectivity index (χ2n) is 5.82. The van der Waals surface area contributed by atoms with Crippen molar-refractivity contribution in [3.05, 3.63) is 30.1 Å². The number of carbonyl (C=O) groups is 2. The molecule has 1 aliphatic carbocycles. The number of hydrogen-bond acceptors (Lipinski definition) is 2. The molecule has 0 bridgehead atoms. The summed E-state index contributed by atoms with van der Waals surface area (Å²) >= 11 is 0. The van der Waals surface area contributed by atoms with Crippen LogP contribution < -0.4 is 5.32 Å². The lowest BCUT2D eigenvalue weighted by molar-refractivity contribution is -0.135. The van der Waals surface area contributed by atoms with Gasteiger partial charge in [0.15, 0.2) is 0 Å². The van der Waals surface area contributed by atoms with E-state index in [0.717, 1.165) is 25.7 Å². The van der Waals surface area contributed by atoms with Crippen molar-refractivity contribution in [2.75, 3.05) is 11.9 Å². The Labute approximate surface area is 130 Å². The van der Waals surface area contributed by atoms with Gasteiger partial charge in [-0.05, 0) is 25.0 Å². The topological polar surface area (TPSA) is 49.4 Å². The number of nitrogens with one attached hydrogen (secondary N) is 1. The van der Waals surface area contributed by atoms with Crippen molar-refractivity contribution in [1.29, 1.82) is 0 Å². The smallest absolute Gasteiger partial charge is 0.244 e. The van der Waals surface area contributed by atoms with Crippen LogP contribution in [0.5, 0.6) is 0 Å². The third-order valence-electron chi connectivity index (χ3n) is 4.13. The van der Waals surface area contributed by atoms with Crippen molar-refractivity contribution in [3.8, 4) is 0 Å². The van der Waals surface area contributed by atoms with Crippen LogP contribution in [0, 0.1) is 5.82 Å². The van der Waals surface area contributed by atoms with Gasteiger partial charge in [-0.25, -0.2) is 4.39 Å². The molecule has 0 unspecified atom stereocenters. The molecule has 0 spiro atoms. The van der Waals surface area contributed by atoms with E-state index in [1.54, 1.807) is 17.0 Å². The summed E-state index contributed by atoms with van der Waals surface area (Å²) in [5, 5.41) is 2.54. The Kier molecular flexibility index (Phi) is 5.92. The molecule has 120 valence electrons. The Morgan fingerprint density at radius 1 is 1.18 bits per heavy atom. The largest absolute Gasteiger partial charge is 0.331 e. The summed E-state index contributed by atoms with van der Waals surface area (Å²) in [6, 6.07) is 6.15. The summed E-state index contributed by atoms with van der Waals surface area (Å²) in [4.78, 5) is 25.6. The second-order valence-corrected chi connectivity index (χ2v) is 5.82. The Morgan fingerprint density at radius 2 is 1.82 bits per heavy atom. The van der Waals surface area contributed by atoms with Gasteiger partial charge in [0.05, 0.1) is 5.69 Å². The van der Waals surface area contributed by atoms with Gasteiger partial charge in [0.2, 0.25) is 11.8 Å². The maximum atomic E-state index is 13.6. The van der Waals surface area contributed by atoms with E-state index in [0.29, 0.717) is 0 Å². The average Bonchev–Trinajstić information content (AvgIpc) is 2.76. The number of halogens is 1. The lowest BCUT2D eigenvalue weighted by atomic mass is 10.1. The highest BCUT2D eigenvalue weighted by Crippen LogP contribution is 2.22. The summed E-state index contributed by atoms with van der Waals surface area (Å²) in [6.07, 6.45) is 6.42. The van der Waals surface area contributed by atoms with Gasteiger partial charge in [-0.15, -0.1) is 0 Å². The third-order valence-corrected chi connectivity index (χ3v) is 4.13. The summed E-state index contributed by atoms with van der Waals surface area (Å²) in [5.41, 5.74) is 0.150. The molecule has 0 radical (unpaired) electrons. The lowest BCUT2D eigenvalue weighted by Gasteiger charge is -2.29. The van der Waals surface area contributed by atoms with E-state index in [4.69, 9.17) is 0 Å². The number of anilines is 1. The van der Waals surface area contributed by atoms with Crippen LogP contribution >= 0.6 is 0 Å². The highest BCUT2D eigenvalue weighted by atomic mass is 19.1. The molecule has 1 aromatic carbocycles. The molecule has 2 rings (SSSR count). The van der Waals surface area contributed by atoms with Crippen LogP contribution in [0.15, 0.2) is 24.3 Å². The molecule has 1 saturated carbocycles. The fraction of sp³-hybridized carbons (Fsp3) is 0.529. The van der Waals surface area contributed by atoms with Gasteiger partial charge < -0.3 is 10.2 Å². The fourth-order valence-corrected chi connectivity index (χ4v) is 2.97. The molecular weight excluding hydrogens is 283 g/mol. The quantitative estimate of drug-likeness (QED) is 0.867. The Bertz CT molecular complexity index is 525. The highest BCUT2D eigenvalue weighted by molar-refractivity contribution is 5.94. The van der Waals surface area contributed by atoms with Crippen LogP contribution in [-0.4, -0.2) is 29.3 Å². The van der Waals surface area contributed by atoms with Crippen LogP contribution in [0.4, 0.5) is 10.1 Å². The molecule has 0 heterocycles. The summed E-state index contributed by atoms with van der Waals surface area (Å²) in [6.45, 7) is 1.47. The zero-order chi connectivity index (χ0) is 15.9. The number of amides is 2. The van der Waals surface area contributed by atoms with E-state index in [1.807, 2.05) is 0 Å². The van der Waals surface area contributed by atoms with Crippen LogP contribution in [-0.2, 0) is 9.59 Å². The lowest BCUT2D eigenvalue weighted by Crippen LogP contribution is -2.43. The van der Waals surface area contributed by atoms with Gasteiger partial charge in [-0.2, -0.15) is 0 Å². The molecule has 1 aliphatic rings. The van der Waals surface area contributed by atoms with E-state index >= 15 is 0 Å². The predicted molar refractivity (Wildman–Crippen MR) is 83.9 cm³/mol. The molecule has 0 saturated heterocycles. The molecule has 1 aromatic rings. The minimum Gasteiger partial charge on any atom is -0.331 e. The zero-order valence-corrected chi connectivity index (χ0v) is 13.0. The molecule has 0 atom stereocenters. The first-order valence-corrected chi connectivity index (χ1v) is 7.89. The van der Waals surface area contributed by atoms with Gasteiger partial charge in [0.1, 0.15) is 12.4 Å². The summed E-state index contributed by atoms with van der Waals surface area (Å²) in [7, 11) is 0. The molecule has 22 heavy (non-hydrogen) atoms. The maximum Gasteiger partial charge on any atom is 0.244 e. The fourth-order valence-electron chi connectivity index (χ4n) is 2.97. The highest BCUT2D eigenvalue weighted by Gasteiger charge is 2.24. The van der Waals surface area contributed by atoms with Crippen LogP contribution in [0.25, 0.3) is 0 Å². The van der Waals surface area contributed by atoms with Gasteiger partial charge in [-0.3, -0.25) is 9.59 Å². The van der Waals surface area contributed by atoms with E-state index in [9.17, 15) is 14.0 Å². The summed E-state index contributed by atoms with van der Waals surface area (Å²) < 4.78 is 13.6. The van der Waals surface area contributed by atoms with Crippen molar-refractivity contribution >= 4 is 17.5 Å². The number of nitrogens with zero attached hydrogens (tertiary/aromatic N) is 1. The zero-order valence-electron chi connectivity index (χ0n) is 13.0. The van der Waals surface area contributed by atoms with Crippen molar-refractivity contribution in [3.63, 3.8) is 0 Å². The molecule has 0 aromatic heterocycles. The van der Waals surface area contributed by atoms with Crippen LogP contribution in [0.3, 0.4) is 0 Å². The van der Waals surface area contributed by atoms with Crippen LogP contribution in [0.1, 0.15) is 45.4 Å². The Hall–Kier alpha value is -1.91. The van der Waals surface area contributed by atoms with E-state index in [2.05, 4.69) is 5.32 Å². The predicted octanol–water partition coefficient (Wildman–Crippen LogP) is 3.34. The summed E-state index contributed by atoms with van der Waals surface area (Å²) in [5.74, 6) is -0.931. The first kappa shape index (κ1) is 16.5. The van der Waals surface area contributed by atoms with Gasteiger partial charge in [0, 0.05) is 13.0 Å². The molecule has 5 heteroatoms. The SMILES string of the molecule is CC(=O)N(CC(=O)Nc1ccccc1F)C1CCCCCC1. The minimum absolute atomic E-state index is 0.0195. The van der Waals surface area contributed by atoms with Crippen molar-refractivity contribution in [1.82, 2.24) is 4.90 Å². The van der Waals surface area contributed by atoms with Gasteiger partial charge >= 0.3 is 0 Å². The average molecular weight is 306 g/mol. The van der Waals surface area contributed by atoms with Crippen molar-refractivity contribution < 1.29 is 14.0 Å². The first-order chi connectivity index (χ1) is 10.6. The molecule has 0 aliphatic heterocycles. The third kappa shape index (κ3) is 4.55. The molecule has 2 amide bonds.